The van der Waals surface area contributed by atoms with Crippen LogP contribution in [-0.4, -0.2) is 0 Å². The van der Waals surface area contributed by atoms with Gasteiger partial charge in [0.1, 0.15) is 0 Å². The Labute approximate surface area is 73.6 Å². The molecule has 0 aliphatic heterocycles. The Hall–Kier alpha value is -1.29. The Kier molecular flexibility index (Phi) is 2.88. The first-order chi connectivity index (χ1) is 5.76. The molecule has 0 unspecified atom stereocenters. The van der Waals surface area contributed by atoms with E-state index in [9.17, 15) is 0 Å². The van der Waals surface area contributed by atoms with Crippen molar-refractivity contribution in [1.82, 2.24) is 0 Å². The summed E-state index contributed by atoms with van der Waals surface area (Å²) in [6, 6.07) is 7.89. The molecule has 0 fully saturated rings. The molecule has 0 heterocycles. The number of nitrogens with zero attached hydrogens (tertiary/aromatic N) is 1. The van der Waals surface area contributed by atoms with Gasteiger partial charge in [0, 0.05) is 0 Å². The van der Waals surface area contributed by atoms with E-state index in [1.807, 2.05) is 12.1 Å². The van der Waals surface area contributed by atoms with Crippen molar-refractivity contribution in [3.05, 3.63) is 41.8 Å². The molecule has 1 rings (SSSR count). The lowest BCUT2D eigenvalue weighted by molar-refractivity contribution is 0.920. The second-order valence-corrected chi connectivity index (χ2v) is 2.90. The fraction of sp³-hybridized carbons (Fsp3) is 0.273. The summed E-state index contributed by atoms with van der Waals surface area (Å²) in [6.45, 7) is 5.95. The van der Waals surface area contributed by atoms with Gasteiger partial charge in [-0.1, -0.05) is 19.4 Å². The first-order valence-corrected chi connectivity index (χ1v) is 4.12. The molecule has 1 aromatic carbocycles. The number of nitriles is 1. The van der Waals surface area contributed by atoms with Crippen molar-refractivity contribution < 1.29 is 0 Å². The fourth-order valence-corrected chi connectivity index (χ4v) is 1.26. The van der Waals surface area contributed by atoms with Crippen LogP contribution in [0.15, 0.2) is 18.2 Å². The van der Waals surface area contributed by atoms with Crippen LogP contribution in [0.5, 0.6) is 0 Å². The molecule has 0 atom stereocenters. The zero-order chi connectivity index (χ0) is 8.97. The van der Waals surface area contributed by atoms with E-state index in [0.29, 0.717) is 5.56 Å². The Morgan fingerprint density at radius 2 is 2.17 bits per heavy atom. The maximum Gasteiger partial charge on any atom is 0.0991 e. The van der Waals surface area contributed by atoms with Gasteiger partial charge in [-0.05, 0) is 36.6 Å². The van der Waals surface area contributed by atoms with E-state index in [0.717, 1.165) is 18.4 Å². The molecule has 12 heavy (non-hydrogen) atoms. The van der Waals surface area contributed by atoms with Gasteiger partial charge in [-0.25, -0.2) is 0 Å². The average Bonchev–Trinajstić information content (AvgIpc) is 2.04. The van der Waals surface area contributed by atoms with Gasteiger partial charge in [-0.3, -0.25) is 0 Å². The van der Waals surface area contributed by atoms with Crippen LogP contribution in [-0.2, 0) is 6.42 Å². The molecular weight excluding hydrogens is 146 g/mol. The summed E-state index contributed by atoms with van der Waals surface area (Å²) in [5.41, 5.74) is 2.85. The molecule has 0 N–H and O–H groups in total. The number of rotatable bonds is 2. The summed E-state index contributed by atoms with van der Waals surface area (Å²) in [6.07, 6.45) is 2.13. The molecule has 1 radical (unpaired) electrons. The summed E-state index contributed by atoms with van der Waals surface area (Å²) in [7, 11) is 0. The second kappa shape index (κ2) is 3.92. The van der Waals surface area contributed by atoms with Gasteiger partial charge in [0.2, 0.25) is 0 Å². The van der Waals surface area contributed by atoms with Gasteiger partial charge in [0.15, 0.2) is 0 Å². The maximum absolute atomic E-state index is 8.68. The lowest BCUT2D eigenvalue weighted by atomic mass is 10.0. The van der Waals surface area contributed by atoms with Crippen LogP contribution in [0.3, 0.4) is 0 Å². The highest BCUT2D eigenvalue weighted by Gasteiger charge is 1.96. The monoisotopic (exact) mass is 158 g/mol. The summed E-state index contributed by atoms with van der Waals surface area (Å²) < 4.78 is 0. The van der Waals surface area contributed by atoms with Gasteiger partial charge in [0.25, 0.3) is 0 Å². The molecule has 1 heteroatoms. The molecule has 0 aliphatic carbocycles. The quantitative estimate of drug-likeness (QED) is 0.649. The van der Waals surface area contributed by atoms with Gasteiger partial charge >= 0.3 is 0 Å². The highest BCUT2D eigenvalue weighted by molar-refractivity contribution is 5.38. The number of hydrogen-bond donors (Lipinski definition) is 0. The minimum absolute atomic E-state index is 0.714. The van der Waals surface area contributed by atoms with E-state index in [2.05, 4.69) is 19.9 Å². The molecule has 61 valence electrons. The summed E-state index contributed by atoms with van der Waals surface area (Å²) >= 11 is 0. The van der Waals surface area contributed by atoms with E-state index in [-0.39, 0.29) is 0 Å². The Balaban J connectivity index is 3.00. The average molecular weight is 158 g/mol. The largest absolute Gasteiger partial charge is 0.192 e. The van der Waals surface area contributed by atoms with Gasteiger partial charge < -0.3 is 0 Å². The van der Waals surface area contributed by atoms with Crippen molar-refractivity contribution in [3.8, 4) is 6.07 Å². The first kappa shape index (κ1) is 8.80. The first-order valence-electron chi connectivity index (χ1n) is 4.12. The minimum Gasteiger partial charge on any atom is -0.192 e. The Morgan fingerprint density at radius 1 is 1.42 bits per heavy atom. The maximum atomic E-state index is 8.68. The molecule has 0 aliphatic rings. The van der Waals surface area contributed by atoms with Gasteiger partial charge in [-0.2, -0.15) is 5.26 Å². The lowest BCUT2D eigenvalue weighted by Crippen LogP contribution is -1.86. The molecule has 0 bridgehead atoms. The van der Waals surface area contributed by atoms with E-state index in [4.69, 9.17) is 5.26 Å². The molecular formula is C11H12N. The standard InChI is InChI=1S/C11H12N/c1-3-4-10-5-9(2)6-11(7-10)8-12/h5-7H,2-4H2,1H3. The highest BCUT2D eigenvalue weighted by atomic mass is 14.2. The van der Waals surface area contributed by atoms with Gasteiger partial charge in [-0.15, -0.1) is 0 Å². The zero-order valence-electron chi connectivity index (χ0n) is 7.30. The van der Waals surface area contributed by atoms with Crippen LogP contribution in [0.1, 0.15) is 30.0 Å². The highest BCUT2D eigenvalue weighted by Crippen LogP contribution is 2.10. The minimum atomic E-state index is 0.714. The van der Waals surface area contributed by atoms with E-state index in [1.54, 1.807) is 6.07 Å². The predicted molar refractivity (Wildman–Crippen MR) is 49.6 cm³/mol. The van der Waals surface area contributed by atoms with Crippen LogP contribution in [0.4, 0.5) is 0 Å². The Morgan fingerprint density at radius 3 is 2.75 bits per heavy atom. The van der Waals surface area contributed by atoms with E-state index >= 15 is 0 Å². The molecule has 0 saturated carbocycles. The Bertz CT molecular complexity index is 307. The smallest absolute Gasteiger partial charge is 0.0991 e. The van der Waals surface area contributed by atoms with E-state index in [1.165, 1.54) is 5.56 Å². The second-order valence-electron chi connectivity index (χ2n) is 2.90. The molecule has 1 nitrogen and oxygen atoms in total. The van der Waals surface area contributed by atoms with Crippen LogP contribution in [0.25, 0.3) is 0 Å². The summed E-state index contributed by atoms with van der Waals surface area (Å²) in [5.74, 6) is 0. The lowest BCUT2D eigenvalue weighted by Gasteiger charge is -2.00. The summed E-state index contributed by atoms with van der Waals surface area (Å²) in [4.78, 5) is 0. The van der Waals surface area contributed by atoms with Crippen LogP contribution >= 0.6 is 0 Å². The molecule has 0 spiro atoms. The fourth-order valence-electron chi connectivity index (χ4n) is 1.26. The third kappa shape index (κ3) is 2.10. The topological polar surface area (TPSA) is 23.8 Å². The third-order valence-electron chi connectivity index (χ3n) is 1.72. The molecule has 0 aromatic heterocycles. The summed E-state index contributed by atoms with van der Waals surface area (Å²) in [5, 5.41) is 8.68. The predicted octanol–water partition coefficient (Wildman–Crippen LogP) is 2.69. The van der Waals surface area contributed by atoms with Crippen molar-refractivity contribution in [2.24, 2.45) is 0 Å². The van der Waals surface area contributed by atoms with Crippen molar-refractivity contribution in [2.75, 3.05) is 0 Å². The van der Waals surface area contributed by atoms with Crippen molar-refractivity contribution >= 4 is 0 Å². The third-order valence-corrected chi connectivity index (χ3v) is 1.72. The number of benzene rings is 1. The number of hydrogen-bond acceptors (Lipinski definition) is 1. The molecule has 1 aromatic rings. The van der Waals surface area contributed by atoms with Crippen molar-refractivity contribution in [2.45, 2.75) is 19.8 Å². The van der Waals surface area contributed by atoms with Crippen LogP contribution in [0.2, 0.25) is 0 Å². The van der Waals surface area contributed by atoms with E-state index < -0.39 is 0 Å². The van der Waals surface area contributed by atoms with Crippen molar-refractivity contribution in [1.29, 1.82) is 5.26 Å². The molecule has 0 amide bonds. The normalized spacial score (nSPS) is 9.42. The SMILES string of the molecule is [CH2]c1cc(C#N)cc(CCC)c1. The zero-order valence-corrected chi connectivity index (χ0v) is 7.30. The van der Waals surface area contributed by atoms with Crippen molar-refractivity contribution in [3.63, 3.8) is 0 Å². The van der Waals surface area contributed by atoms with Crippen LogP contribution < -0.4 is 0 Å². The van der Waals surface area contributed by atoms with Crippen LogP contribution in [0, 0.1) is 18.3 Å². The number of aryl methyl sites for hydroxylation is 1. The molecule has 0 saturated heterocycles. The van der Waals surface area contributed by atoms with Gasteiger partial charge in [0.05, 0.1) is 11.6 Å².